The van der Waals surface area contributed by atoms with E-state index in [0.29, 0.717) is 5.92 Å². The lowest BCUT2D eigenvalue weighted by Gasteiger charge is -2.23. The maximum atomic E-state index is 12.5. The topological polar surface area (TPSA) is 29.1 Å². The Morgan fingerprint density at radius 1 is 1.33 bits per heavy atom. The molecule has 1 amide bonds. The van der Waals surface area contributed by atoms with Crippen LogP contribution in [0.3, 0.4) is 0 Å². The van der Waals surface area contributed by atoms with Gasteiger partial charge in [-0.15, -0.1) is 0 Å². The summed E-state index contributed by atoms with van der Waals surface area (Å²) in [5.41, 5.74) is 1.92. The van der Waals surface area contributed by atoms with Crippen LogP contribution in [0.2, 0.25) is 0 Å². The molecule has 1 aliphatic rings. The van der Waals surface area contributed by atoms with Gasteiger partial charge in [0.05, 0.1) is 0 Å². The van der Waals surface area contributed by atoms with Crippen molar-refractivity contribution in [3.63, 3.8) is 0 Å². The number of halogens is 4. The minimum atomic E-state index is -4.88. The number of anilines is 1. The number of amides is 1. The first kappa shape index (κ1) is 16.3. The minimum absolute atomic E-state index is 0.0632. The summed E-state index contributed by atoms with van der Waals surface area (Å²) in [7, 11) is 0. The van der Waals surface area contributed by atoms with E-state index in [9.17, 15) is 18.0 Å². The van der Waals surface area contributed by atoms with Crippen LogP contribution in [0.25, 0.3) is 6.08 Å². The molecule has 1 N–H and O–H groups in total. The summed E-state index contributed by atoms with van der Waals surface area (Å²) in [6.45, 7) is 4.04. The van der Waals surface area contributed by atoms with Gasteiger partial charge in [-0.05, 0) is 64.1 Å². The third kappa shape index (κ3) is 3.41. The van der Waals surface area contributed by atoms with Crippen LogP contribution in [0.15, 0.2) is 18.2 Å². The molecule has 2 rings (SSSR count). The Morgan fingerprint density at radius 3 is 2.62 bits per heavy atom. The second kappa shape index (κ2) is 5.98. The number of allylic oxidation sites excluding steroid dienone is 1. The maximum absolute atomic E-state index is 12.5. The van der Waals surface area contributed by atoms with Gasteiger partial charge in [0.2, 0.25) is 0 Å². The first-order chi connectivity index (χ1) is 9.71. The zero-order valence-electron chi connectivity index (χ0n) is 11.6. The molecule has 1 aromatic rings. The summed E-state index contributed by atoms with van der Waals surface area (Å²) < 4.78 is 38.4. The van der Waals surface area contributed by atoms with Gasteiger partial charge in [-0.3, -0.25) is 4.79 Å². The third-order valence-electron chi connectivity index (χ3n) is 3.84. The number of carbonyl (C=O) groups excluding carboxylic acids is 1. The van der Waals surface area contributed by atoms with Crippen molar-refractivity contribution in [2.24, 2.45) is 5.92 Å². The van der Waals surface area contributed by atoms with Crippen molar-refractivity contribution in [2.75, 3.05) is 5.32 Å². The van der Waals surface area contributed by atoms with E-state index >= 15 is 0 Å². The number of benzene rings is 1. The summed E-state index contributed by atoms with van der Waals surface area (Å²) in [6.07, 6.45) is -0.0608. The van der Waals surface area contributed by atoms with Crippen LogP contribution < -0.4 is 5.32 Å². The van der Waals surface area contributed by atoms with Crippen molar-refractivity contribution in [1.82, 2.24) is 0 Å². The molecular weight excluding hydrogens is 394 g/mol. The van der Waals surface area contributed by atoms with Crippen molar-refractivity contribution in [1.29, 1.82) is 0 Å². The predicted octanol–water partition coefficient (Wildman–Crippen LogP) is 4.95. The van der Waals surface area contributed by atoms with Crippen LogP contribution in [-0.4, -0.2) is 12.1 Å². The average Bonchev–Trinajstić information content (AvgIpc) is 2.53. The molecule has 0 bridgehead atoms. The van der Waals surface area contributed by atoms with Crippen LogP contribution in [0.5, 0.6) is 0 Å². The molecule has 0 heterocycles. The lowest BCUT2D eigenvalue weighted by atomic mass is 9.85. The Morgan fingerprint density at radius 2 is 2.00 bits per heavy atom. The molecule has 1 unspecified atom stereocenters. The van der Waals surface area contributed by atoms with Gasteiger partial charge in [0, 0.05) is 9.26 Å². The first-order valence-electron chi connectivity index (χ1n) is 6.59. The molecule has 0 spiro atoms. The first-order valence-corrected chi connectivity index (χ1v) is 7.66. The smallest absolute Gasteiger partial charge is 0.318 e. The molecule has 6 heteroatoms. The minimum Gasteiger partial charge on any atom is -0.318 e. The maximum Gasteiger partial charge on any atom is 0.471 e. The Kier molecular flexibility index (Phi) is 4.65. The van der Waals surface area contributed by atoms with E-state index in [1.807, 2.05) is 24.4 Å². The molecule has 21 heavy (non-hydrogen) atoms. The van der Waals surface area contributed by atoms with Gasteiger partial charge in [-0.2, -0.15) is 13.2 Å². The largest absolute Gasteiger partial charge is 0.471 e. The zero-order valence-corrected chi connectivity index (χ0v) is 13.7. The number of hydrogen-bond donors (Lipinski definition) is 1. The van der Waals surface area contributed by atoms with E-state index in [-0.39, 0.29) is 11.6 Å². The van der Waals surface area contributed by atoms with E-state index in [0.717, 1.165) is 21.1 Å². The molecule has 0 aromatic heterocycles. The van der Waals surface area contributed by atoms with Gasteiger partial charge in [0.25, 0.3) is 0 Å². The predicted molar refractivity (Wildman–Crippen MR) is 85.1 cm³/mol. The fourth-order valence-corrected chi connectivity index (χ4v) is 3.11. The van der Waals surface area contributed by atoms with Gasteiger partial charge >= 0.3 is 12.1 Å². The van der Waals surface area contributed by atoms with Gasteiger partial charge in [-0.1, -0.05) is 26.0 Å². The fraction of sp³-hybridized carbons (Fsp3) is 0.400. The number of hydrogen-bond acceptors (Lipinski definition) is 1. The SMILES string of the molecule is CC1c2c(NC(=O)C(F)(F)F)ccc(I)c2C=CC[C@H]1C. The van der Waals surface area contributed by atoms with Crippen LogP contribution in [-0.2, 0) is 4.79 Å². The monoisotopic (exact) mass is 409 g/mol. The Labute approximate surface area is 134 Å². The van der Waals surface area contributed by atoms with Gasteiger partial charge in [0.1, 0.15) is 0 Å². The molecule has 0 saturated carbocycles. The summed E-state index contributed by atoms with van der Waals surface area (Å²) in [5.74, 6) is -1.57. The van der Waals surface area contributed by atoms with Crippen molar-refractivity contribution in [2.45, 2.75) is 32.4 Å². The molecule has 0 saturated heterocycles. The average molecular weight is 409 g/mol. The quantitative estimate of drug-likeness (QED) is 0.654. The summed E-state index contributed by atoms with van der Waals surface area (Å²) in [5, 5.41) is 2.01. The van der Waals surface area contributed by atoms with E-state index in [4.69, 9.17) is 0 Å². The van der Waals surface area contributed by atoms with Crippen molar-refractivity contribution < 1.29 is 18.0 Å². The summed E-state index contributed by atoms with van der Waals surface area (Å²) >= 11 is 2.16. The highest BCUT2D eigenvalue weighted by Crippen LogP contribution is 2.40. The van der Waals surface area contributed by atoms with Crippen LogP contribution in [0.1, 0.15) is 37.3 Å². The van der Waals surface area contributed by atoms with Crippen LogP contribution in [0.4, 0.5) is 18.9 Å². The molecule has 2 atom stereocenters. The van der Waals surface area contributed by atoms with Crippen molar-refractivity contribution in [3.05, 3.63) is 32.9 Å². The van der Waals surface area contributed by atoms with Gasteiger partial charge in [0.15, 0.2) is 0 Å². The molecule has 1 aromatic carbocycles. The number of rotatable bonds is 1. The van der Waals surface area contributed by atoms with E-state index < -0.39 is 12.1 Å². The summed E-state index contributed by atoms with van der Waals surface area (Å²) in [6, 6.07) is 3.27. The van der Waals surface area contributed by atoms with E-state index in [2.05, 4.69) is 29.5 Å². The van der Waals surface area contributed by atoms with Crippen LogP contribution in [0, 0.1) is 9.49 Å². The standard InChI is InChI=1S/C15H15F3INO/c1-8-4-3-5-10-11(19)6-7-12(13(10)9(8)2)20-14(21)15(16,17)18/h3,5-9H,4H2,1-2H3,(H,20,21)/t8-,9?/m1/s1. The van der Waals surface area contributed by atoms with E-state index in [1.54, 1.807) is 12.1 Å². The Hall–Kier alpha value is -1.05. The van der Waals surface area contributed by atoms with Crippen LogP contribution >= 0.6 is 22.6 Å². The van der Waals surface area contributed by atoms with Gasteiger partial charge < -0.3 is 5.32 Å². The van der Waals surface area contributed by atoms with Crippen molar-refractivity contribution >= 4 is 40.3 Å². The Bertz CT molecular complexity index is 595. The number of nitrogens with one attached hydrogen (secondary N) is 1. The second-order valence-electron chi connectivity index (χ2n) is 5.28. The molecular formula is C15H15F3INO. The molecule has 114 valence electrons. The summed E-state index contributed by atoms with van der Waals surface area (Å²) in [4.78, 5) is 11.2. The fourth-order valence-electron chi connectivity index (χ4n) is 2.46. The zero-order chi connectivity index (χ0) is 15.8. The number of alkyl halides is 3. The molecule has 1 aliphatic carbocycles. The van der Waals surface area contributed by atoms with E-state index in [1.165, 1.54) is 0 Å². The molecule has 0 aliphatic heterocycles. The highest BCUT2D eigenvalue weighted by atomic mass is 127. The molecule has 2 nitrogen and oxygen atoms in total. The normalized spacial score (nSPS) is 21.6. The van der Waals surface area contributed by atoms with Crippen molar-refractivity contribution in [3.8, 4) is 0 Å². The Balaban J connectivity index is 2.50. The molecule has 0 fully saturated rings. The highest BCUT2D eigenvalue weighted by molar-refractivity contribution is 14.1. The second-order valence-corrected chi connectivity index (χ2v) is 6.44. The number of carbonyl (C=O) groups is 1. The molecule has 0 radical (unpaired) electrons. The lowest BCUT2D eigenvalue weighted by Crippen LogP contribution is -2.30. The lowest BCUT2D eigenvalue weighted by molar-refractivity contribution is -0.167. The number of fused-ring (bicyclic) bond motifs is 1. The third-order valence-corrected chi connectivity index (χ3v) is 4.78. The highest BCUT2D eigenvalue weighted by Gasteiger charge is 2.39. The van der Waals surface area contributed by atoms with Gasteiger partial charge in [-0.25, -0.2) is 0 Å².